The Bertz CT molecular complexity index is 602. The van der Waals surface area contributed by atoms with E-state index in [1.165, 1.54) is 11.6 Å². The Morgan fingerprint density at radius 1 is 1.26 bits per heavy atom. The molecular weight excluding hydrogens is 308 g/mol. The van der Waals surface area contributed by atoms with Crippen LogP contribution in [-0.4, -0.2) is 5.11 Å². The molecule has 0 aliphatic heterocycles. The summed E-state index contributed by atoms with van der Waals surface area (Å²) < 4.78 is 6.22. The van der Waals surface area contributed by atoms with E-state index in [0.717, 1.165) is 23.4 Å². The van der Waals surface area contributed by atoms with Crippen molar-refractivity contribution in [3.8, 4) is 5.75 Å². The van der Waals surface area contributed by atoms with E-state index in [1.54, 1.807) is 0 Å². The lowest BCUT2D eigenvalue weighted by molar-refractivity contribution is 0.394. The highest BCUT2D eigenvalue weighted by atomic mass is 79.9. The molecule has 100 valence electrons. The van der Waals surface area contributed by atoms with Gasteiger partial charge < -0.3 is 9.52 Å². The van der Waals surface area contributed by atoms with Gasteiger partial charge in [-0.3, -0.25) is 0 Å². The minimum atomic E-state index is -0.510. The lowest BCUT2D eigenvalue weighted by Crippen LogP contribution is -2.06. The van der Waals surface area contributed by atoms with Crippen molar-refractivity contribution in [3.63, 3.8) is 0 Å². The van der Waals surface area contributed by atoms with Gasteiger partial charge in [0.25, 0.3) is 0 Å². The summed E-state index contributed by atoms with van der Waals surface area (Å²) >= 11 is 3.40. The minimum absolute atomic E-state index is 0.0412. The van der Waals surface area contributed by atoms with Crippen molar-refractivity contribution in [1.82, 2.24) is 0 Å². The molecule has 0 saturated heterocycles. The smallest absolute Gasteiger partial charge is 0.339 e. The maximum absolute atomic E-state index is 11.3. The molecule has 0 aliphatic rings. The lowest BCUT2D eigenvalue weighted by Gasteiger charge is -2.13. The number of hydrogen-bond acceptors (Lipinski definition) is 3. The van der Waals surface area contributed by atoms with Crippen molar-refractivity contribution in [2.45, 2.75) is 25.7 Å². The first-order chi connectivity index (χ1) is 9.08. The molecule has 0 bridgehead atoms. The molecule has 0 fully saturated rings. The van der Waals surface area contributed by atoms with E-state index < -0.39 is 5.63 Å². The van der Waals surface area contributed by atoms with Crippen LogP contribution in [0.15, 0.2) is 50.1 Å². The van der Waals surface area contributed by atoms with Gasteiger partial charge in [-0.15, -0.1) is 0 Å². The molecular formula is C15H15BrO3. The number of rotatable bonds is 4. The molecule has 2 aromatic rings. The van der Waals surface area contributed by atoms with E-state index in [1.807, 2.05) is 31.2 Å². The van der Waals surface area contributed by atoms with Gasteiger partial charge in [0.05, 0.1) is 6.07 Å². The summed E-state index contributed by atoms with van der Waals surface area (Å²) in [4.78, 5) is 11.3. The third-order valence-corrected chi connectivity index (χ3v) is 3.59. The normalized spacial score (nSPS) is 12.3. The van der Waals surface area contributed by atoms with Crippen molar-refractivity contribution in [3.05, 3.63) is 62.6 Å². The van der Waals surface area contributed by atoms with Gasteiger partial charge in [-0.25, -0.2) is 4.79 Å². The molecule has 1 unspecified atom stereocenters. The molecule has 0 spiro atoms. The van der Waals surface area contributed by atoms with Crippen LogP contribution in [0.25, 0.3) is 0 Å². The molecule has 1 aromatic carbocycles. The molecule has 0 radical (unpaired) electrons. The summed E-state index contributed by atoms with van der Waals surface area (Å²) in [5, 5.41) is 9.47. The third-order valence-electron chi connectivity index (χ3n) is 3.06. The zero-order valence-corrected chi connectivity index (χ0v) is 12.2. The Balaban J connectivity index is 2.24. The van der Waals surface area contributed by atoms with E-state index in [-0.39, 0.29) is 11.7 Å². The van der Waals surface area contributed by atoms with Crippen molar-refractivity contribution >= 4 is 15.9 Å². The van der Waals surface area contributed by atoms with Crippen LogP contribution in [0.2, 0.25) is 0 Å². The van der Waals surface area contributed by atoms with Gasteiger partial charge in [0.15, 0.2) is 0 Å². The Morgan fingerprint density at radius 2 is 1.95 bits per heavy atom. The predicted molar refractivity (Wildman–Crippen MR) is 77.5 cm³/mol. The molecule has 4 heteroatoms. The molecule has 1 aromatic heterocycles. The molecule has 1 N–H and O–H groups in total. The van der Waals surface area contributed by atoms with Crippen molar-refractivity contribution in [2.75, 3.05) is 0 Å². The number of aromatic hydroxyl groups is 1. The number of halogens is 1. The molecule has 1 atom stereocenters. The molecule has 19 heavy (non-hydrogen) atoms. The second-order valence-corrected chi connectivity index (χ2v) is 5.39. The Morgan fingerprint density at radius 3 is 2.53 bits per heavy atom. The summed E-state index contributed by atoms with van der Waals surface area (Å²) in [7, 11) is 0. The van der Waals surface area contributed by atoms with Crippen LogP contribution < -0.4 is 5.63 Å². The van der Waals surface area contributed by atoms with E-state index >= 15 is 0 Å². The van der Waals surface area contributed by atoms with Crippen LogP contribution >= 0.6 is 15.9 Å². The van der Waals surface area contributed by atoms with Crippen LogP contribution in [0.1, 0.15) is 30.6 Å². The summed E-state index contributed by atoms with van der Waals surface area (Å²) in [6, 6.07) is 10.6. The molecule has 2 rings (SSSR count). The zero-order chi connectivity index (χ0) is 13.8. The first-order valence-corrected chi connectivity index (χ1v) is 6.96. The molecule has 1 heterocycles. The van der Waals surface area contributed by atoms with Crippen molar-refractivity contribution in [2.24, 2.45) is 0 Å². The maximum atomic E-state index is 11.3. The van der Waals surface area contributed by atoms with Gasteiger partial charge >= 0.3 is 5.63 Å². The summed E-state index contributed by atoms with van der Waals surface area (Å²) in [5.74, 6) is 0.580. The molecule has 0 amide bonds. The maximum Gasteiger partial charge on any atom is 0.339 e. The Kier molecular flexibility index (Phi) is 4.43. The lowest BCUT2D eigenvalue weighted by atomic mass is 9.94. The van der Waals surface area contributed by atoms with Crippen molar-refractivity contribution in [1.29, 1.82) is 0 Å². The first kappa shape index (κ1) is 13.9. The monoisotopic (exact) mass is 322 g/mol. The van der Waals surface area contributed by atoms with E-state index in [2.05, 4.69) is 15.9 Å². The zero-order valence-electron chi connectivity index (χ0n) is 10.6. The van der Waals surface area contributed by atoms with Crippen LogP contribution in [0.5, 0.6) is 5.75 Å². The summed E-state index contributed by atoms with van der Waals surface area (Å²) in [5.41, 5.74) is 0.658. The predicted octanol–water partition coefficient (Wildman–Crippen LogP) is 3.84. The quantitative estimate of drug-likeness (QED) is 0.930. The standard InChI is InChI=1S/C15H15BrO3/c1-2-11(7-10-3-5-12(16)6-4-10)14-8-13(17)9-15(18)19-14/h3-6,8-9,11,17H,2,7H2,1H3. The van der Waals surface area contributed by atoms with Gasteiger partial charge in [-0.1, -0.05) is 35.0 Å². The largest absolute Gasteiger partial charge is 0.508 e. The highest BCUT2D eigenvalue weighted by Gasteiger charge is 2.14. The Labute approximate surface area is 120 Å². The van der Waals surface area contributed by atoms with Crippen LogP contribution in [-0.2, 0) is 6.42 Å². The van der Waals surface area contributed by atoms with Gasteiger partial charge in [-0.05, 0) is 30.5 Å². The topological polar surface area (TPSA) is 50.4 Å². The van der Waals surface area contributed by atoms with E-state index in [0.29, 0.717) is 5.76 Å². The highest BCUT2D eigenvalue weighted by Crippen LogP contribution is 2.26. The molecule has 0 saturated carbocycles. The molecule has 3 nitrogen and oxygen atoms in total. The number of hydrogen-bond donors (Lipinski definition) is 1. The average molecular weight is 323 g/mol. The second-order valence-electron chi connectivity index (χ2n) is 4.47. The Hall–Kier alpha value is -1.55. The third kappa shape index (κ3) is 3.70. The number of benzene rings is 1. The summed E-state index contributed by atoms with van der Waals surface area (Å²) in [6.07, 6.45) is 1.61. The van der Waals surface area contributed by atoms with E-state index in [4.69, 9.17) is 4.42 Å². The van der Waals surface area contributed by atoms with Crippen LogP contribution in [0, 0.1) is 0 Å². The van der Waals surface area contributed by atoms with Gasteiger partial charge in [0.1, 0.15) is 11.5 Å². The first-order valence-electron chi connectivity index (χ1n) is 6.17. The fourth-order valence-corrected chi connectivity index (χ4v) is 2.30. The van der Waals surface area contributed by atoms with Gasteiger partial charge in [0.2, 0.25) is 0 Å². The van der Waals surface area contributed by atoms with Crippen molar-refractivity contribution < 1.29 is 9.52 Å². The second kappa shape index (κ2) is 6.06. The van der Waals surface area contributed by atoms with Gasteiger partial charge in [0, 0.05) is 16.5 Å². The van der Waals surface area contributed by atoms with Gasteiger partial charge in [-0.2, -0.15) is 0 Å². The SMILES string of the molecule is CCC(Cc1ccc(Br)cc1)c1cc(O)cc(=O)o1. The fourth-order valence-electron chi connectivity index (χ4n) is 2.04. The van der Waals surface area contributed by atoms with Crippen LogP contribution in [0.4, 0.5) is 0 Å². The highest BCUT2D eigenvalue weighted by molar-refractivity contribution is 9.10. The minimum Gasteiger partial charge on any atom is -0.508 e. The average Bonchev–Trinajstić information content (AvgIpc) is 2.37. The van der Waals surface area contributed by atoms with E-state index in [9.17, 15) is 9.90 Å². The molecule has 0 aliphatic carbocycles. The van der Waals surface area contributed by atoms with Crippen LogP contribution in [0.3, 0.4) is 0 Å². The summed E-state index contributed by atoms with van der Waals surface area (Å²) in [6.45, 7) is 2.04. The fraction of sp³-hybridized carbons (Fsp3) is 0.267.